The Morgan fingerprint density at radius 1 is 1.15 bits per heavy atom. The first-order chi connectivity index (χ1) is 9.72. The van der Waals surface area contributed by atoms with E-state index in [1.165, 1.54) is 0 Å². The molecule has 3 aromatic rings. The van der Waals surface area contributed by atoms with Gasteiger partial charge in [-0.05, 0) is 30.2 Å². The summed E-state index contributed by atoms with van der Waals surface area (Å²) >= 11 is 5.94. The van der Waals surface area contributed by atoms with Crippen LogP contribution in [0.4, 0.5) is 11.6 Å². The predicted molar refractivity (Wildman–Crippen MR) is 76.4 cm³/mol. The zero-order valence-electron chi connectivity index (χ0n) is 10.7. The van der Waals surface area contributed by atoms with Crippen molar-refractivity contribution in [2.24, 2.45) is 0 Å². The molecule has 7 heteroatoms. The Labute approximate surface area is 120 Å². The van der Waals surface area contributed by atoms with Crippen LogP contribution in [0.2, 0.25) is 5.28 Å². The molecule has 20 heavy (non-hydrogen) atoms. The molecule has 0 saturated heterocycles. The zero-order chi connectivity index (χ0) is 13.9. The molecule has 1 aromatic carbocycles. The standard InChI is InChI=1S/C13H11ClN6/c1-9-4-2-3-5-10(9)16-12-17-11(14)18-13(19-12)20-7-6-15-8-20/h2-8H,1H3,(H,16,17,18,19). The summed E-state index contributed by atoms with van der Waals surface area (Å²) in [6.07, 6.45) is 4.98. The van der Waals surface area contributed by atoms with Crippen LogP contribution in [0.15, 0.2) is 43.0 Å². The van der Waals surface area contributed by atoms with Crippen molar-refractivity contribution in [2.45, 2.75) is 6.92 Å². The Kier molecular flexibility index (Phi) is 3.30. The second kappa shape index (κ2) is 5.26. The van der Waals surface area contributed by atoms with Gasteiger partial charge in [0.1, 0.15) is 6.33 Å². The van der Waals surface area contributed by atoms with Crippen molar-refractivity contribution in [3.8, 4) is 5.95 Å². The molecule has 2 heterocycles. The minimum Gasteiger partial charge on any atom is -0.324 e. The fourth-order valence-electron chi connectivity index (χ4n) is 1.72. The van der Waals surface area contributed by atoms with E-state index in [0.717, 1.165) is 11.3 Å². The van der Waals surface area contributed by atoms with E-state index in [0.29, 0.717) is 11.9 Å². The number of aryl methyl sites for hydroxylation is 1. The van der Waals surface area contributed by atoms with E-state index >= 15 is 0 Å². The number of para-hydroxylation sites is 1. The van der Waals surface area contributed by atoms with Crippen LogP contribution >= 0.6 is 11.6 Å². The summed E-state index contributed by atoms with van der Waals surface area (Å²) in [4.78, 5) is 16.4. The molecular weight excluding hydrogens is 276 g/mol. The Hall–Kier alpha value is -2.47. The maximum Gasteiger partial charge on any atom is 0.241 e. The molecule has 0 aliphatic heterocycles. The third kappa shape index (κ3) is 2.60. The topological polar surface area (TPSA) is 68.5 Å². The largest absolute Gasteiger partial charge is 0.324 e. The smallest absolute Gasteiger partial charge is 0.241 e. The molecule has 0 aliphatic carbocycles. The van der Waals surface area contributed by atoms with Crippen LogP contribution in [-0.4, -0.2) is 24.5 Å². The van der Waals surface area contributed by atoms with Crippen molar-refractivity contribution in [3.63, 3.8) is 0 Å². The molecule has 2 aromatic heterocycles. The van der Waals surface area contributed by atoms with Gasteiger partial charge < -0.3 is 5.32 Å². The number of hydrogen-bond donors (Lipinski definition) is 1. The molecule has 0 saturated carbocycles. The maximum absolute atomic E-state index is 5.94. The van der Waals surface area contributed by atoms with E-state index in [4.69, 9.17) is 11.6 Å². The van der Waals surface area contributed by atoms with Crippen molar-refractivity contribution < 1.29 is 0 Å². The Bertz CT molecular complexity index is 725. The maximum atomic E-state index is 5.94. The van der Waals surface area contributed by atoms with Gasteiger partial charge in [-0.1, -0.05) is 18.2 Å². The molecule has 0 amide bonds. The highest BCUT2D eigenvalue weighted by Gasteiger charge is 2.07. The van der Waals surface area contributed by atoms with Crippen molar-refractivity contribution >= 4 is 23.2 Å². The molecule has 0 spiro atoms. The SMILES string of the molecule is Cc1ccccc1Nc1nc(Cl)nc(-n2ccnc2)n1. The van der Waals surface area contributed by atoms with E-state index < -0.39 is 0 Å². The summed E-state index contributed by atoms with van der Waals surface area (Å²) in [6.45, 7) is 2.00. The highest BCUT2D eigenvalue weighted by atomic mass is 35.5. The summed E-state index contributed by atoms with van der Waals surface area (Å²) in [6, 6.07) is 7.86. The number of hydrogen-bond acceptors (Lipinski definition) is 5. The van der Waals surface area contributed by atoms with Crippen LogP contribution in [0.1, 0.15) is 5.56 Å². The molecule has 0 fully saturated rings. The fourth-order valence-corrected chi connectivity index (χ4v) is 1.88. The van der Waals surface area contributed by atoms with E-state index in [-0.39, 0.29) is 5.28 Å². The molecule has 6 nitrogen and oxygen atoms in total. The second-order valence-corrected chi connectivity index (χ2v) is 4.48. The van der Waals surface area contributed by atoms with Gasteiger partial charge in [-0.15, -0.1) is 0 Å². The lowest BCUT2D eigenvalue weighted by molar-refractivity contribution is 0.899. The molecule has 1 N–H and O–H groups in total. The number of halogens is 1. The van der Waals surface area contributed by atoms with Crippen LogP contribution in [0, 0.1) is 6.92 Å². The Balaban J connectivity index is 1.97. The average molecular weight is 287 g/mol. The van der Waals surface area contributed by atoms with Crippen LogP contribution in [0.25, 0.3) is 5.95 Å². The Morgan fingerprint density at radius 3 is 2.75 bits per heavy atom. The van der Waals surface area contributed by atoms with E-state index in [2.05, 4.69) is 25.3 Å². The lowest BCUT2D eigenvalue weighted by atomic mass is 10.2. The van der Waals surface area contributed by atoms with Gasteiger partial charge >= 0.3 is 0 Å². The number of anilines is 2. The summed E-state index contributed by atoms with van der Waals surface area (Å²) in [7, 11) is 0. The minimum absolute atomic E-state index is 0.125. The van der Waals surface area contributed by atoms with Gasteiger partial charge in [0, 0.05) is 18.1 Å². The van der Waals surface area contributed by atoms with E-state index in [1.807, 2.05) is 31.2 Å². The Morgan fingerprint density at radius 2 is 2.00 bits per heavy atom. The number of imidazole rings is 1. The van der Waals surface area contributed by atoms with Gasteiger partial charge in [-0.25, -0.2) is 4.98 Å². The van der Waals surface area contributed by atoms with E-state index in [9.17, 15) is 0 Å². The van der Waals surface area contributed by atoms with Crippen LogP contribution in [0.5, 0.6) is 0 Å². The first-order valence-electron chi connectivity index (χ1n) is 5.95. The van der Waals surface area contributed by atoms with Crippen molar-refractivity contribution in [1.82, 2.24) is 24.5 Å². The third-order valence-corrected chi connectivity index (χ3v) is 2.89. The lowest BCUT2D eigenvalue weighted by Crippen LogP contribution is -2.05. The third-order valence-electron chi connectivity index (χ3n) is 2.72. The summed E-state index contributed by atoms with van der Waals surface area (Å²) in [5.74, 6) is 0.807. The average Bonchev–Trinajstić information content (AvgIpc) is 2.95. The fraction of sp³-hybridized carbons (Fsp3) is 0.0769. The summed E-state index contributed by atoms with van der Waals surface area (Å²) in [5, 5.41) is 3.26. The molecular formula is C13H11ClN6. The predicted octanol–water partition coefficient (Wildman–Crippen LogP) is 2.76. The molecule has 0 bridgehead atoms. The number of rotatable bonds is 3. The van der Waals surface area contributed by atoms with E-state index in [1.54, 1.807) is 23.3 Å². The number of aromatic nitrogens is 5. The first kappa shape index (κ1) is 12.6. The summed E-state index contributed by atoms with van der Waals surface area (Å²) < 4.78 is 1.66. The summed E-state index contributed by atoms with van der Waals surface area (Å²) in [5.41, 5.74) is 2.01. The number of nitrogens with zero attached hydrogens (tertiary/aromatic N) is 5. The minimum atomic E-state index is 0.125. The molecule has 100 valence electrons. The first-order valence-corrected chi connectivity index (χ1v) is 6.33. The van der Waals surface area contributed by atoms with Crippen molar-refractivity contribution in [1.29, 1.82) is 0 Å². The van der Waals surface area contributed by atoms with Crippen LogP contribution in [-0.2, 0) is 0 Å². The molecule has 0 aliphatic rings. The number of benzene rings is 1. The van der Waals surface area contributed by atoms with Gasteiger partial charge in [-0.2, -0.15) is 15.0 Å². The monoisotopic (exact) mass is 286 g/mol. The van der Waals surface area contributed by atoms with Gasteiger partial charge in [0.25, 0.3) is 0 Å². The van der Waals surface area contributed by atoms with Gasteiger partial charge in [0.15, 0.2) is 0 Å². The highest BCUT2D eigenvalue weighted by Crippen LogP contribution is 2.18. The lowest BCUT2D eigenvalue weighted by Gasteiger charge is -2.09. The van der Waals surface area contributed by atoms with Crippen molar-refractivity contribution in [2.75, 3.05) is 5.32 Å². The molecule has 0 unspecified atom stereocenters. The molecule has 0 atom stereocenters. The van der Waals surface area contributed by atoms with Gasteiger partial charge in [0.2, 0.25) is 17.2 Å². The molecule has 0 radical (unpaired) electrons. The van der Waals surface area contributed by atoms with Crippen LogP contribution < -0.4 is 5.32 Å². The van der Waals surface area contributed by atoms with Gasteiger partial charge in [-0.3, -0.25) is 4.57 Å². The zero-order valence-corrected chi connectivity index (χ0v) is 11.4. The highest BCUT2D eigenvalue weighted by molar-refractivity contribution is 6.28. The van der Waals surface area contributed by atoms with Gasteiger partial charge in [0.05, 0.1) is 0 Å². The quantitative estimate of drug-likeness (QED) is 0.802. The van der Waals surface area contributed by atoms with Crippen molar-refractivity contribution in [3.05, 3.63) is 53.8 Å². The van der Waals surface area contributed by atoms with Crippen LogP contribution in [0.3, 0.4) is 0 Å². The second-order valence-electron chi connectivity index (χ2n) is 4.14. The normalized spacial score (nSPS) is 10.5. The number of nitrogens with one attached hydrogen (secondary N) is 1. The molecule has 3 rings (SSSR count).